The lowest BCUT2D eigenvalue weighted by Gasteiger charge is -1.98. The van der Waals surface area contributed by atoms with Crippen molar-refractivity contribution in [2.45, 2.75) is 6.92 Å². The molecule has 0 heterocycles. The van der Waals surface area contributed by atoms with Gasteiger partial charge in [-0.3, -0.25) is 0 Å². The first-order valence-electron chi connectivity index (χ1n) is 3.38. The Morgan fingerprint density at radius 2 is 2.00 bits per heavy atom. The van der Waals surface area contributed by atoms with Gasteiger partial charge >= 0.3 is 0 Å². The fraction of sp³-hybridized carbons (Fsp3) is 0.111. The van der Waals surface area contributed by atoms with Crippen LogP contribution in [0.25, 0.3) is 6.08 Å². The third-order valence-corrected chi connectivity index (χ3v) is 1.36. The maximum absolute atomic E-state index is 9.21. The number of phenols is 2. The summed E-state index contributed by atoms with van der Waals surface area (Å²) in [5.74, 6) is 0.179. The Bertz CT molecular complexity index is 277. The van der Waals surface area contributed by atoms with E-state index in [0.29, 0.717) is 5.56 Å². The van der Waals surface area contributed by atoms with Gasteiger partial charge in [-0.1, -0.05) is 12.2 Å². The van der Waals surface area contributed by atoms with Gasteiger partial charge in [-0.05, 0) is 19.1 Å². The van der Waals surface area contributed by atoms with Crippen LogP contribution in [0.2, 0.25) is 0 Å². The minimum atomic E-state index is 0.0794. The largest absolute Gasteiger partial charge is 0.508 e. The van der Waals surface area contributed by atoms with Gasteiger partial charge in [-0.2, -0.15) is 0 Å². The summed E-state index contributed by atoms with van der Waals surface area (Å²) in [7, 11) is 0. The molecule has 1 aromatic carbocycles. The van der Waals surface area contributed by atoms with Crippen LogP contribution in [0.1, 0.15) is 12.5 Å². The predicted octanol–water partition coefficient (Wildman–Crippen LogP) is 2.13. The van der Waals surface area contributed by atoms with Crippen molar-refractivity contribution in [2.24, 2.45) is 0 Å². The zero-order chi connectivity index (χ0) is 8.27. The molecule has 0 aliphatic heterocycles. The van der Waals surface area contributed by atoms with Crippen LogP contribution in [0.3, 0.4) is 0 Å². The average molecular weight is 150 g/mol. The summed E-state index contributed by atoms with van der Waals surface area (Å²) in [5, 5.41) is 18.1. The van der Waals surface area contributed by atoms with Gasteiger partial charge in [0.15, 0.2) is 0 Å². The third kappa shape index (κ3) is 1.74. The number of allylic oxidation sites excluding steroid dienone is 1. The van der Waals surface area contributed by atoms with Crippen molar-refractivity contribution in [1.82, 2.24) is 0 Å². The Morgan fingerprint density at radius 1 is 1.27 bits per heavy atom. The topological polar surface area (TPSA) is 40.5 Å². The van der Waals surface area contributed by atoms with Gasteiger partial charge in [0, 0.05) is 11.6 Å². The number of hydrogen-bond acceptors (Lipinski definition) is 2. The summed E-state index contributed by atoms with van der Waals surface area (Å²) in [6.07, 6.45) is 3.60. The maximum Gasteiger partial charge on any atom is 0.126 e. The van der Waals surface area contributed by atoms with Gasteiger partial charge in [0.25, 0.3) is 0 Å². The van der Waals surface area contributed by atoms with Gasteiger partial charge < -0.3 is 10.2 Å². The first-order valence-corrected chi connectivity index (χ1v) is 3.38. The van der Waals surface area contributed by atoms with Crippen LogP contribution in [-0.2, 0) is 0 Å². The quantitative estimate of drug-likeness (QED) is 0.643. The molecular weight excluding hydrogens is 140 g/mol. The normalized spacial score (nSPS) is 10.6. The zero-order valence-electron chi connectivity index (χ0n) is 6.28. The second-order valence-corrected chi connectivity index (χ2v) is 2.24. The first-order chi connectivity index (χ1) is 5.24. The smallest absolute Gasteiger partial charge is 0.126 e. The van der Waals surface area contributed by atoms with Crippen LogP contribution in [0, 0.1) is 0 Å². The highest BCUT2D eigenvalue weighted by atomic mass is 16.3. The molecule has 0 atom stereocenters. The Labute approximate surface area is 65.4 Å². The molecule has 11 heavy (non-hydrogen) atoms. The lowest BCUT2D eigenvalue weighted by molar-refractivity contribution is 0.450. The van der Waals surface area contributed by atoms with Crippen molar-refractivity contribution in [2.75, 3.05) is 0 Å². The van der Waals surface area contributed by atoms with Crippen LogP contribution >= 0.6 is 0 Å². The monoisotopic (exact) mass is 150 g/mol. The molecule has 1 rings (SSSR count). The fourth-order valence-corrected chi connectivity index (χ4v) is 0.853. The Hall–Kier alpha value is -1.44. The molecule has 2 heteroatoms. The number of hydrogen-bond donors (Lipinski definition) is 2. The van der Waals surface area contributed by atoms with E-state index < -0.39 is 0 Å². The molecule has 0 aromatic heterocycles. The van der Waals surface area contributed by atoms with Crippen molar-refractivity contribution in [3.63, 3.8) is 0 Å². The minimum Gasteiger partial charge on any atom is -0.508 e. The molecule has 0 radical (unpaired) electrons. The summed E-state index contributed by atoms with van der Waals surface area (Å²) in [6.45, 7) is 1.87. The molecule has 0 aliphatic rings. The van der Waals surface area contributed by atoms with Gasteiger partial charge in [-0.15, -0.1) is 0 Å². The van der Waals surface area contributed by atoms with Crippen molar-refractivity contribution in [3.05, 3.63) is 29.8 Å². The van der Waals surface area contributed by atoms with E-state index in [-0.39, 0.29) is 11.5 Å². The van der Waals surface area contributed by atoms with E-state index in [2.05, 4.69) is 0 Å². The fourth-order valence-electron chi connectivity index (χ4n) is 0.853. The van der Waals surface area contributed by atoms with Gasteiger partial charge in [-0.25, -0.2) is 0 Å². The van der Waals surface area contributed by atoms with E-state index in [0.717, 1.165) is 0 Å². The molecule has 0 bridgehead atoms. The third-order valence-electron chi connectivity index (χ3n) is 1.36. The van der Waals surface area contributed by atoms with E-state index in [1.54, 1.807) is 12.1 Å². The van der Waals surface area contributed by atoms with Crippen molar-refractivity contribution in [1.29, 1.82) is 0 Å². The Kier molecular flexibility index (Phi) is 2.16. The zero-order valence-corrected chi connectivity index (χ0v) is 6.28. The number of phenolic OH excluding ortho intramolecular Hbond substituents is 2. The maximum atomic E-state index is 9.21. The van der Waals surface area contributed by atoms with Crippen molar-refractivity contribution < 1.29 is 10.2 Å². The van der Waals surface area contributed by atoms with E-state index in [1.807, 2.05) is 13.0 Å². The molecule has 2 N–H and O–H groups in total. The summed E-state index contributed by atoms with van der Waals surface area (Å²) in [4.78, 5) is 0. The average Bonchev–Trinajstić information content (AvgIpc) is 1.95. The molecule has 0 spiro atoms. The molecule has 2 nitrogen and oxygen atoms in total. The standard InChI is InChI=1S/C9H10O2/c1-2-3-7-4-5-8(10)6-9(7)11/h2-6,10-11H,1H3. The molecule has 0 amide bonds. The van der Waals surface area contributed by atoms with Crippen LogP contribution in [0.5, 0.6) is 11.5 Å². The second-order valence-electron chi connectivity index (χ2n) is 2.24. The van der Waals surface area contributed by atoms with E-state index in [9.17, 15) is 5.11 Å². The lowest BCUT2D eigenvalue weighted by Crippen LogP contribution is -1.73. The number of benzene rings is 1. The van der Waals surface area contributed by atoms with E-state index in [4.69, 9.17) is 5.11 Å². The molecule has 0 fully saturated rings. The van der Waals surface area contributed by atoms with Crippen LogP contribution < -0.4 is 0 Å². The van der Waals surface area contributed by atoms with Crippen molar-refractivity contribution in [3.8, 4) is 11.5 Å². The first kappa shape index (κ1) is 7.66. The highest BCUT2D eigenvalue weighted by Gasteiger charge is 1.96. The van der Waals surface area contributed by atoms with Crippen LogP contribution in [0.4, 0.5) is 0 Å². The predicted molar refractivity (Wildman–Crippen MR) is 44.5 cm³/mol. The highest BCUT2D eigenvalue weighted by Crippen LogP contribution is 2.23. The highest BCUT2D eigenvalue weighted by molar-refractivity contribution is 5.58. The SMILES string of the molecule is CC=Cc1ccc(O)cc1O. The van der Waals surface area contributed by atoms with Crippen LogP contribution in [-0.4, -0.2) is 10.2 Å². The molecule has 58 valence electrons. The molecular formula is C9H10O2. The minimum absolute atomic E-state index is 0.0794. The summed E-state index contributed by atoms with van der Waals surface area (Å²) in [5.41, 5.74) is 0.713. The van der Waals surface area contributed by atoms with E-state index in [1.165, 1.54) is 12.1 Å². The summed E-state index contributed by atoms with van der Waals surface area (Å²) < 4.78 is 0. The molecule has 0 saturated heterocycles. The van der Waals surface area contributed by atoms with Crippen molar-refractivity contribution >= 4 is 6.08 Å². The number of aromatic hydroxyl groups is 2. The molecule has 0 unspecified atom stereocenters. The Morgan fingerprint density at radius 3 is 2.55 bits per heavy atom. The molecule has 0 aliphatic carbocycles. The van der Waals surface area contributed by atoms with E-state index >= 15 is 0 Å². The molecule has 0 saturated carbocycles. The molecule has 1 aromatic rings. The summed E-state index contributed by atoms with van der Waals surface area (Å²) in [6, 6.07) is 4.51. The summed E-state index contributed by atoms with van der Waals surface area (Å²) >= 11 is 0. The lowest BCUT2D eigenvalue weighted by atomic mass is 10.2. The second kappa shape index (κ2) is 3.10. The van der Waals surface area contributed by atoms with Gasteiger partial charge in [0.05, 0.1) is 0 Å². The number of rotatable bonds is 1. The Balaban J connectivity index is 3.09. The van der Waals surface area contributed by atoms with Gasteiger partial charge in [0.2, 0.25) is 0 Å². The van der Waals surface area contributed by atoms with Gasteiger partial charge in [0.1, 0.15) is 11.5 Å². The van der Waals surface area contributed by atoms with Crippen LogP contribution in [0.15, 0.2) is 24.3 Å².